The van der Waals surface area contributed by atoms with Gasteiger partial charge in [0, 0.05) is 12.0 Å². The van der Waals surface area contributed by atoms with Gasteiger partial charge in [0.05, 0.1) is 5.33 Å². The van der Waals surface area contributed by atoms with E-state index < -0.39 is 0 Å². The third-order valence-electron chi connectivity index (χ3n) is 2.07. The highest BCUT2D eigenvalue weighted by Gasteiger charge is 2.07. The second-order valence-electron chi connectivity index (χ2n) is 3.11. The third-order valence-corrected chi connectivity index (χ3v) is 2.69. The van der Waals surface area contributed by atoms with E-state index in [-0.39, 0.29) is 5.78 Å². The summed E-state index contributed by atoms with van der Waals surface area (Å²) in [6.07, 6.45) is 1.13. The highest BCUT2D eigenvalue weighted by molar-refractivity contribution is 9.09. The number of aldehydes is 1. The molecule has 0 bridgehead atoms. The molecule has 0 heterocycles. The van der Waals surface area contributed by atoms with Crippen LogP contribution in [0.15, 0.2) is 18.2 Å². The molecule has 0 aliphatic heterocycles. The third kappa shape index (κ3) is 2.51. The first-order valence-corrected chi connectivity index (χ1v) is 5.42. The maximum atomic E-state index is 11.2. The van der Waals surface area contributed by atoms with Crippen molar-refractivity contribution in [2.24, 2.45) is 0 Å². The van der Waals surface area contributed by atoms with Crippen LogP contribution in [0.1, 0.15) is 21.5 Å². The van der Waals surface area contributed by atoms with Crippen LogP contribution in [0.4, 0.5) is 0 Å². The highest BCUT2D eigenvalue weighted by Crippen LogP contribution is 2.13. The minimum Gasteiger partial charge on any atom is -0.298 e. The summed E-state index contributed by atoms with van der Waals surface area (Å²) in [6.45, 7) is 1.87. The van der Waals surface area contributed by atoms with Gasteiger partial charge in [-0.05, 0) is 18.1 Å². The van der Waals surface area contributed by atoms with Gasteiger partial charge < -0.3 is 0 Å². The molecule has 14 heavy (non-hydrogen) atoms. The van der Waals surface area contributed by atoms with Gasteiger partial charge in [0.15, 0.2) is 6.29 Å². The van der Waals surface area contributed by atoms with Crippen LogP contribution in [-0.2, 0) is 11.2 Å². The second-order valence-corrected chi connectivity index (χ2v) is 3.68. The van der Waals surface area contributed by atoms with Gasteiger partial charge in [-0.3, -0.25) is 9.59 Å². The number of carbonyl (C=O) groups excluding carboxylic acids is 2. The van der Waals surface area contributed by atoms with Gasteiger partial charge in [-0.2, -0.15) is 0 Å². The molecule has 0 aromatic heterocycles. The molecule has 0 fully saturated rings. The Labute approximate surface area is 91.4 Å². The van der Waals surface area contributed by atoms with Crippen molar-refractivity contribution in [3.05, 3.63) is 34.9 Å². The number of benzene rings is 1. The van der Waals surface area contributed by atoms with Crippen molar-refractivity contribution in [2.45, 2.75) is 13.3 Å². The normalized spacial score (nSPS) is 9.86. The van der Waals surface area contributed by atoms with Crippen molar-refractivity contribution in [1.82, 2.24) is 0 Å². The van der Waals surface area contributed by atoms with Crippen LogP contribution >= 0.6 is 15.9 Å². The van der Waals surface area contributed by atoms with Crippen molar-refractivity contribution in [2.75, 3.05) is 5.33 Å². The fourth-order valence-electron chi connectivity index (χ4n) is 1.32. The molecular formula is C11H11BrO2. The number of alkyl halides is 1. The zero-order chi connectivity index (χ0) is 10.6. The fourth-order valence-corrected chi connectivity index (χ4v) is 1.52. The Morgan fingerprint density at radius 2 is 2.21 bits per heavy atom. The van der Waals surface area contributed by atoms with E-state index >= 15 is 0 Å². The van der Waals surface area contributed by atoms with Crippen molar-refractivity contribution in [3.63, 3.8) is 0 Å². The van der Waals surface area contributed by atoms with Crippen molar-refractivity contribution >= 4 is 28.0 Å². The predicted octanol–water partition coefficient (Wildman–Crippen LogP) is 2.31. The molecule has 0 saturated heterocycles. The van der Waals surface area contributed by atoms with E-state index in [2.05, 4.69) is 15.9 Å². The van der Waals surface area contributed by atoms with Crippen LogP contribution in [0.2, 0.25) is 0 Å². The molecule has 1 aromatic rings. The number of hydrogen-bond donors (Lipinski definition) is 0. The largest absolute Gasteiger partial charge is 0.298 e. The number of carbonyl (C=O) groups is 2. The molecule has 0 spiro atoms. The Kier molecular flexibility index (Phi) is 4.01. The van der Waals surface area contributed by atoms with Gasteiger partial charge >= 0.3 is 0 Å². The minimum atomic E-state index is 0.0821. The lowest BCUT2D eigenvalue weighted by Crippen LogP contribution is -2.06. The molecule has 0 N–H and O–H groups in total. The first-order chi connectivity index (χ1) is 6.69. The lowest BCUT2D eigenvalue weighted by atomic mass is 9.99. The molecule has 1 rings (SSSR count). The average molecular weight is 255 g/mol. The van der Waals surface area contributed by atoms with Crippen LogP contribution in [-0.4, -0.2) is 17.4 Å². The molecule has 0 saturated carbocycles. The van der Waals surface area contributed by atoms with E-state index in [1.807, 2.05) is 25.1 Å². The molecular weight excluding hydrogens is 244 g/mol. The standard InChI is InChI=1S/C11H11BrO2/c1-8-3-2-4-9(11(8)7-13)5-10(14)6-12/h2-4,7H,5-6H2,1H3. The lowest BCUT2D eigenvalue weighted by Gasteiger charge is -2.05. The molecule has 0 unspecified atom stereocenters. The van der Waals surface area contributed by atoms with E-state index in [1.54, 1.807) is 0 Å². The Hall–Kier alpha value is -0.960. The molecule has 0 radical (unpaired) electrons. The Morgan fingerprint density at radius 3 is 2.79 bits per heavy atom. The van der Waals surface area contributed by atoms with Gasteiger partial charge in [-0.15, -0.1) is 0 Å². The number of Topliss-reactive ketones (excluding diaryl/α,β-unsaturated/α-hetero) is 1. The Morgan fingerprint density at radius 1 is 1.50 bits per heavy atom. The molecule has 3 heteroatoms. The molecule has 2 nitrogen and oxygen atoms in total. The van der Waals surface area contributed by atoms with Crippen LogP contribution in [0.3, 0.4) is 0 Å². The van der Waals surface area contributed by atoms with Crippen molar-refractivity contribution in [3.8, 4) is 0 Å². The summed E-state index contributed by atoms with van der Waals surface area (Å²) >= 11 is 3.10. The van der Waals surface area contributed by atoms with Crippen molar-refractivity contribution < 1.29 is 9.59 Å². The van der Waals surface area contributed by atoms with Gasteiger partial charge in [0.1, 0.15) is 5.78 Å². The second kappa shape index (κ2) is 5.05. The van der Waals surface area contributed by atoms with E-state index in [0.29, 0.717) is 17.3 Å². The first-order valence-electron chi connectivity index (χ1n) is 4.30. The molecule has 0 atom stereocenters. The summed E-state index contributed by atoms with van der Waals surface area (Å²) in [4.78, 5) is 22.0. The Bertz CT molecular complexity index is 358. The average Bonchev–Trinajstić information content (AvgIpc) is 2.18. The van der Waals surface area contributed by atoms with Gasteiger partial charge in [0.25, 0.3) is 0 Å². The summed E-state index contributed by atoms with van der Waals surface area (Å²) in [7, 11) is 0. The molecule has 74 valence electrons. The van der Waals surface area contributed by atoms with E-state index in [0.717, 1.165) is 17.4 Å². The number of hydrogen-bond acceptors (Lipinski definition) is 2. The quantitative estimate of drug-likeness (QED) is 0.611. The van der Waals surface area contributed by atoms with Crippen LogP contribution in [0.25, 0.3) is 0 Å². The van der Waals surface area contributed by atoms with Gasteiger partial charge in [-0.25, -0.2) is 0 Å². The molecule has 0 aliphatic carbocycles. The topological polar surface area (TPSA) is 34.1 Å². The summed E-state index contributed by atoms with van der Waals surface area (Å²) in [6, 6.07) is 5.54. The predicted molar refractivity (Wildman–Crippen MR) is 59.1 cm³/mol. The maximum Gasteiger partial charge on any atom is 0.150 e. The van der Waals surface area contributed by atoms with E-state index in [1.165, 1.54) is 0 Å². The molecule has 0 amide bonds. The van der Waals surface area contributed by atoms with Crippen molar-refractivity contribution in [1.29, 1.82) is 0 Å². The number of aryl methyl sites for hydroxylation is 1. The van der Waals surface area contributed by atoms with E-state index in [9.17, 15) is 9.59 Å². The number of ketones is 1. The highest BCUT2D eigenvalue weighted by atomic mass is 79.9. The summed E-state index contributed by atoms with van der Waals surface area (Å²) in [5, 5.41) is 0.333. The van der Waals surface area contributed by atoms with Crippen LogP contribution in [0, 0.1) is 6.92 Å². The smallest absolute Gasteiger partial charge is 0.150 e. The lowest BCUT2D eigenvalue weighted by molar-refractivity contribution is -0.115. The monoisotopic (exact) mass is 254 g/mol. The van der Waals surface area contributed by atoms with Gasteiger partial charge in [0.2, 0.25) is 0 Å². The molecule has 0 aliphatic rings. The zero-order valence-electron chi connectivity index (χ0n) is 7.92. The number of halogens is 1. The minimum absolute atomic E-state index is 0.0821. The Balaban J connectivity index is 3.02. The van der Waals surface area contributed by atoms with Gasteiger partial charge in [-0.1, -0.05) is 34.1 Å². The summed E-state index contributed by atoms with van der Waals surface area (Å²) < 4.78 is 0. The van der Waals surface area contributed by atoms with Crippen LogP contribution < -0.4 is 0 Å². The summed E-state index contributed by atoms with van der Waals surface area (Å²) in [5.41, 5.74) is 2.37. The fraction of sp³-hybridized carbons (Fsp3) is 0.273. The zero-order valence-corrected chi connectivity index (χ0v) is 9.50. The molecule has 1 aromatic carbocycles. The first kappa shape index (κ1) is 11.1. The van der Waals surface area contributed by atoms with E-state index in [4.69, 9.17) is 0 Å². The van der Waals surface area contributed by atoms with Crippen LogP contribution in [0.5, 0.6) is 0 Å². The maximum absolute atomic E-state index is 11.2. The number of rotatable bonds is 4. The summed E-state index contributed by atoms with van der Waals surface area (Å²) in [5.74, 6) is 0.0821. The SMILES string of the molecule is Cc1cccc(CC(=O)CBr)c1C=O.